The molecular weight excluding hydrogens is 488 g/mol. The van der Waals surface area contributed by atoms with Crippen molar-refractivity contribution in [1.82, 2.24) is 20.7 Å². The van der Waals surface area contributed by atoms with Crippen LogP contribution in [0.5, 0.6) is 0 Å². The topological polar surface area (TPSA) is 93.0 Å². The first-order chi connectivity index (χ1) is 17.7. The minimum Gasteiger partial charge on any atom is -0.433 e. The Labute approximate surface area is 221 Å². The van der Waals surface area contributed by atoms with Gasteiger partial charge in [0.1, 0.15) is 11.2 Å². The van der Waals surface area contributed by atoms with Gasteiger partial charge in [0.25, 0.3) is 0 Å². The lowest BCUT2D eigenvalue weighted by Gasteiger charge is -2.48. The number of hydrogen-bond acceptors (Lipinski definition) is 5. The van der Waals surface area contributed by atoms with Gasteiger partial charge in [0.15, 0.2) is 5.58 Å². The number of halogens is 1. The van der Waals surface area contributed by atoms with E-state index in [-0.39, 0.29) is 17.4 Å². The number of aromatic amines is 1. The highest BCUT2D eigenvalue weighted by Gasteiger charge is 2.47. The van der Waals surface area contributed by atoms with E-state index < -0.39 is 0 Å². The number of hydroxylamine groups is 1. The lowest BCUT2D eigenvalue weighted by Crippen LogP contribution is -2.51. The number of benzene rings is 2. The van der Waals surface area contributed by atoms with Gasteiger partial charge in [0.05, 0.1) is 16.8 Å². The van der Waals surface area contributed by atoms with Crippen LogP contribution in [0, 0.1) is 18.8 Å². The molecule has 2 aromatic carbocycles. The van der Waals surface area contributed by atoms with Crippen LogP contribution in [0.4, 0.5) is 0 Å². The van der Waals surface area contributed by atoms with E-state index in [1.165, 1.54) is 12.5 Å². The summed E-state index contributed by atoms with van der Waals surface area (Å²) in [6, 6.07) is 14.3. The van der Waals surface area contributed by atoms with Crippen LogP contribution < -0.4 is 5.48 Å². The molecule has 37 heavy (non-hydrogen) atoms. The van der Waals surface area contributed by atoms with E-state index in [2.05, 4.69) is 65.7 Å². The molecule has 194 valence electrons. The molecule has 1 fully saturated rings. The van der Waals surface area contributed by atoms with Gasteiger partial charge in [-0.15, -0.1) is 0 Å². The number of nitrogens with zero attached hydrogens (tertiary/aromatic N) is 2. The summed E-state index contributed by atoms with van der Waals surface area (Å²) in [6.45, 7) is 10.1. The number of nitrogens with one attached hydrogen (secondary N) is 2. The first-order valence-corrected chi connectivity index (χ1v) is 13.2. The summed E-state index contributed by atoms with van der Waals surface area (Å²) >= 11 is 6.40. The SMILES string of the molecule is CC(=O)NOC1CC(C)CCC1(c1ccc(-c2cc(-c3nc4ccc(C)c(Cl)c4o3)[nH]n2)cc1)C(C)C. The maximum Gasteiger partial charge on any atom is 0.245 e. The molecule has 2 heterocycles. The number of oxazole rings is 1. The molecule has 1 amide bonds. The molecule has 8 heteroatoms. The Hall–Kier alpha value is -3.16. The number of aromatic nitrogens is 3. The number of rotatable bonds is 6. The number of hydrogen-bond donors (Lipinski definition) is 2. The highest BCUT2D eigenvalue weighted by atomic mass is 35.5. The normalized spacial score (nSPS) is 22.0. The van der Waals surface area contributed by atoms with Crippen molar-refractivity contribution in [2.24, 2.45) is 11.8 Å². The zero-order valence-corrected chi connectivity index (χ0v) is 22.6. The van der Waals surface area contributed by atoms with Crippen molar-refractivity contribution >= 4 is 28.6 Å². The number of H-pyrrole nitrogens is 1. The Kier molecular flexibility index (Phi) is 6.86. The van der Waals surface area contributed by atoms with Crippen molar-refractivity contribution in [3.63, 3.8) is 0 Å². The van der Waals surface area contributed by atoms with Crippen LogP contribution in [0.3, 0.4) is 0 Å². The number of amides is 1. The lowest BCUT2D eigenvalue weighted by molar-refractivity contribution is -0.148. The fourth-order valence-electron chi connectivity index (χ4n) is 5.68. The maximum atomic E-state index is 11.6. The van der Waals surface area contributed by atoms with Crippen molar-refractivity contribution in [2.45, 2.75) is 65.4 Å². The Morgan fingerprint density at radius 2 is 2.00 bits per heavy atom. The number of fused-ring (bicyclic) bond motifs is 1. The van der Waals surface area contributed by atoms with Crippen LogP contribution in [0.1, 0.15) is 58.1 Å². The summed E-state index contributed by atoms with van der Waals surface area (Å²) in [5.74, 6) is 1.14. The molecule has 0 spiro atoms. The van der Waals surface area contributed by atoms with Gasteiger partial charge in [-0.3, -0.25) is 14.7 Å². The molecule has 0 bridgehead atoms. The summed E-state index contributed by atoms with van der Waals surface area (Å²) in [4.78, 5) is 22.2. The van der Waals surface area contributed by atoms with Gasteiger partial charge >= 0.3 is 0 Å². The second-order valence-corrected chi connectivity index (χ2v) is 11.0. The molecule has 3 atom stereocenters. The van der Waals surface area contributed by atoms with Gasteiger partial charge in [-0.1, -0.05) is 62.7 Å². The molecule has 2 aromatic heterocycles. The van der Waals surface area contributed by atoms with E-state index in [1.54, 1.807) is 0 Å². The number of carbonyl (C=O) groups is 1. The van der Waals surface area contributed by atoms with E-state index in [4.69, 9.17) is 20.9 Å². The van der Waals surface area contributed by atoms with E-state index in [0.717, 1.165) is 36.1 Å². The smallest absolute Gasteiger partial charge is 0.245 e. The van der Waals surface area contributed by atoms with Crippen molar-refractivity contribution in [3.8, 4) is 22.8 Å². The molecule has 0 aliphatic heterocycles. The standard InChI is InChI=1S/C29H33ClN4O3/c1-16(2)29(13-12-17(3)14-25(29)37-34-19(5)35)21-9-7-20(8-10-21)23-15-24(33-32-23)28-31-22-11-6-18(4)26(30)27(22)36-28/h6-11,15-17,25H,12-14H2,1-5H3,(H,32,33)(H,34,35). The molecule has 1 saturated carbocycles. The Morgan fingerprint density at radius 3 is 2.70 bits per heavy atom. The molecule has 5 rings (SSSR count). The zero-order chi connectivity index (χ0) is 26.3. The Balaban J connectivity index is 1.44. The monoisotopic (exact) mass is 520 g/mol. The summed E-state index contributed by atoms with van der Waals surface area (Å²) < 4.78 is 5.96. The Morgan fingerprint density at radius 1 is 1.24 bits per heavy atom. The minimum absolute atomic E-state index is 0.0994. The Bertz CT molecular complexity index is 1420. The lowest BCUT2D eigenvalue weighted by atomic mass is 9.59. The van der Waals surface area contributed by atoms with Gasteiger partial charge < -0.3 is 4.42 Å². The molecule has 7 nitrogen and oxygen atoms in total. The van der Waals surface area contributed by atoms with Crippen LogP contribution in [0.25, 0.3) is 33.9 Å². The largest absolute Gasteiger partial charge is 0.433 e. The van der Waals surface area contributed by atoms with Crippen molar-refractivity contribution in [3.05, 3.63) is 58.6 Å². The van der Waals surface area contributed by atoms with Gasteiger partial charge in [0.2, 0.25) is 11.8 Å². The quantitative estimate of drug-likeness (QED) is 0.267. The van der Waals surface area contributed by atoms with Crippen LogP contribution in [0.15, 0.2) is 46.9 Å². The van der Waals surface area contributed by atoms with Gasteiger partial charge in [-0.25, -0.2) is 10.5 Å². The van der Waals surface area contributed by atoms with E-state index in [1.807, 2.05) is 25.1 Å². The predicted molar refractivity (Wildman–Crippen MR) is 145 cm³/mol. The summed E-state index contributed by atoms with van der Waals surface area (Å²) in [5.41, 5.74) is 8.34. The molecule has 1 aliphatic rings. The fraction of sp³-hybridized carbons (Fsp3) is 0.414. The second-order valence-electron chi connectivity index (χ2n) is 10.6. The van der Waals surface area contributed by atoms with Gasteiger partial charge in [-0.2, -0.15) is 5.10 Å². The molecule has 0 saturated heterocycles. The van der Waals surface area contributed by atoms with Crippen LogP contribution >= 0.6 is 11.6 Å². The van der Waals surface area contributed by atoms with Crippen LogP contribution in [-0.4, -0.2) is 27.2 Å². The fourth-order valence-corrected chi connectivity index (χ4v) is 5.87. The first-order valence-electron chi connectivity index (χ1n) is 12.8. The zero-order valence-electron chi connectivity index (χ0n) is 21.9. The average Bonchev–Trinajstić information content (AvgIpc) is 3.53. The van der Waals surface area contributed by atoms with Crippen molar-refractivity contribution in [2.75, 3.05) is 0 Å². The molecule has 4 aromatic rings. The number of carbonyl (C=O) groups excluding carboxylic acids is 1. The van der Waals surface area contributed by atoms with Gasteiger partial charge in [0, 0.05) is 17.9 Å². The highest BCUT2D eigenvalue weighted by Crippen LogP contribution is 2.48. The molecule has 3 unspecified atom stereocenters. The molecule has 2 N–H and O–H groups in total. The minimum atomic E-state index is -0.195. The highest BCUT2D eigenvalue weighted by molar-refractivity contribution is 6.35. The summed E-state index contributed by atoms with van der Waals surface area (Å²) in [5, 5.41) is 8.13. The van der Waals surface area contributed by atoms with Crippen LogP contribution in [-0.2, 0) is 15.0 Å². The van der Waals surface area contributed by atoms with Crippen molar-refractivity contribution < 1.29 is 14.0 Å². The van der Waals surface area contributed by atoms with Crippen LogP contribution in [0.2, 0.25) is 5.02 Å². The average molecular weight is 521 g/mol. The second kappa shape index (κ2) is 9.95. The summed E-state index contributed by atoms with van der Waals surface area (Å²) in [6.07, 6.45) is 2.92. The maximum absolute atomic E-state index is 11.6. The number of aryl methyl sites for hydroxylation is 1. The van der Waals surface area contributed by atoms with Crippen molar-refractivity contribution in [1.29, 1.82) is 0 Å². The third-order valence-electron chi connectivity index (χ3n) is 7.83. The first kappa shape index (κ1) is 25.5. The predicted octanol–water partition coefficient (Wildman–Crippen LogP) is 7.00. The van der Waals surface area contributed by atoms with Gasteiger partial charge in [-0.05, 0) is 61.3 Å². The van der Waals surface area contributed by atoms with E-state index >= 15 is 0 Å². The summed E-state index contributed by atoms with van der Waals surface area (Å²) in [7, 11) is 0. The molecular formula is C29H33ClN4O3. The van der Waals surface area contributed by atoms with E-state index in [9.17, 15) is 4.79 Å². The molecule has 0 radical (unpaired) electrons. The third kappa shape index (κ3) is 4.66. The third-order valence-corrected chi connectivity index (χ3v) is 8.30. The van der Waals surface area contributed by atoms with E-state index in [0.29, 0.717) is 39.5 Å². The molecule has 1 aliphatic carbocycles.